The second kappa shape index (κ2) is 5.61. The molecule has 0 aliphatic rings. The Morgan fingerprint density at radius 2 is 2.00 bits per heavy atom. The van der Waals surface area contributed by atoms with Crippen LogP contribution in [0, 0.1) is 5.82 Å². The summed E-state index contributed by atoms with van der Waals surface area (Å²) in [6.07, 6.45) is 0. The number of phenolic OH excluding ortho intramolecular Hbond substituents is 1. The Morgan fingerprint density at radius 1 is 1.21 bits per heavy atom. The molecule has 1 N–H and O–H groups in total. The van der Waals surface area contributed by atoms with Crippen LogP contribution in [0.15, 0.2) is 42.5 Å². The molecular formula is C15H16FNO2. The molecule has 0 bridgehead atoms. The van der Waals surface area contributed by atoms with Gasteiger partial charge in [0.05, 0.1) is 7.11 Å². The van der Waals surface area contributed by atoms with E-state index in [2.05, 4.69) is 0 Å². The first kappa shape index (κ1) is 13.2. The Hall–Kier alpha value is -2.23. The minimum atomic E-state index is -0.436. The summed E-state index contributed by atoms with van der Waals surface area (Å²) >= 11 is 0. The van der Waals surface area contributed by atoms with Crippen LogP contribution in [0.3, 0.4) is 0 Å². The first-order valence-electron chi connectivity index (χ1n) is 5.92. The predicted molar refractivity (Wildman–Crippen MR) is 73.2 cm³/mol. The number of hydrogen-bond acceptors (Lipinski definition) is 3. The van der Waals surface area contributed by atoms with Gasteiger partial charge >= 0.3 is 0 Å². The van der Waals surface area contributed by atoms with Crippen molar-refractivity contribution in [2.45, 2.75) is 6.54 Å². The predicted octanol–water partition coefficient (Wildman–Crippen LogP) is 3.18. The van der Waals surface area contributed by atoms with E-state index in [4.69, 9.17) is 4.74 Å². The van der Waals surface area contributed by atoms with Crippen molar-refractivity contribution in [3.8, 4) is 11.5 Å². The molecule has 0 aliphatic heterocycles. The Balaban J connectivity index is 2.17. The molecule has 0 aromatic heterocycles. The fourth-order valence-corrected chi connectivity index (χ4v) is 1.94. The van der Waals surface area contributed by atoms with Crippen molar-refractivity contribution in [3.05, 3.63) is 53.8 Å². The summed E-state index contributed by atoms with van der Waals surface area (Å²) in [5.41, 5.74) is 1.67. The molecule has 0 saturated heterocycles. The molecule has 0 atom stereocenters. The monoisotopic (exact) mass is 261 g/mol. The molecule has 4 heteroatoms. The van der Waals surface area contributed by atoms with E-state index in [-0.39, 0.29) is 5.75 Å². The Labute approximate surface area is 111 Å². The van der Waals surface area contributed by atoms with E-state index >= 15 is 0 Å². The second-order valence-corrected chi connectivity index (χ2v) is 4.38. The quantitative estimate of drug-likeness (QED) is 0.917. The number of hydrogen-bond donors (Lipinski definition) is 1. The lowest BCUT2D eigenvalue weighted by Gasteiger charge is -2.20. The second-order valence-electron chi connectivity index (χ2n) is 4.38. The Kier molecular flexibility index (Phi) is 3.90. The van der Waals surface area contributed by atoms with Gasteiger partial charge in [-0.05, 0) is 29.8 Å². The molecule has 0 radical (unpaired) electrons. The number of rotatable bonds is 4. The summed E-state index contributed by atoms with van der Waals surface area (Å²) in [7, 11) is 3.51. The lowest BCUT2D eigenvalue weighted by molar-refractivity contribution is 0.415. The van der Waals surface area contributed by atoms with Crippen molar-refractivity contribution in [2.24, 2.45) is 0 Å². The molecule has 19 heavy (non-hydrogen) atoms. The van der Waals surface area contributed by atoms with E-state index in [1.807, 2.05) is 36.2 Å². The highest BCUT2D eigenvalue weighted by Gasteiger charge is 2.06. The van der Waals surface area contributed by atoms with Gasteiger partial charge < -0.3 is 14.7 Å². The minimum absolute atomic E-state index is 0.0611. The van der Waals surface area contributed by atoms with Gasteiger partial charge in [-0.1, -0.05) is 6.07 Å². The molecule has 0 saturated carbocycles. The summed E-state index contributed by atoms with van der Waals surface area (Å²) in [5, 5.41) is 9.38. The van der Waals surface area contributed by atoms with E-state index in [0.717, 1.165) is 17.5 Å². The van der Waals surface area contributed by atoms with Crippen LogP contribution in [0.5, 0.6) is 11.5 Å². The average molecular weight is 261 g/mol. The molecule has 0 spiro atoms. The molecule has 0 fully saturated rings. The number of anilines is 1. The fourth-order valence-electron chi connectivity index (χ4n) is 1.94. The van der Waals surface area contributed by atoms with E-state index in [1.165, 1.54) is 6.07 Å². The topological polar surface area (TPSA) is 32.7 Å². The average Bonchev–Trinajstić information content (AvgIpc) is 2.37. The van der Waals surface area contributed by atoms with Gasteiger partial charge in [-0.2, -0.15) is 0 Å². The van der Waals surface area contributed by atoms with Crippen LogP contribution in [-0.2, 0) is 6.54 Å². The first-order valence-corrected chi connectivity index (χ1v) is 5.92. The van der Waals surface area contributed by atoms with Crippen molar-refractivity contribution in [1.82, 2.24) is 0 Å². The van der Waals surface area contributed by atoms with Crippen molar-refractivity contribution >= 4 is 5.69 Å². The molecule has 0 aliphatic carbocycles. The molecule has 0 heterocycles. The van der Waals surface area contributed by atoms with E-state index in [1.54, 1.807) is 13.2 Å². The SMILES string of the molecule is COc1cccc(N(C)Cc2cc(O)cc(F)c2)c1. The molecular weight excluding hydrogens is 245 g/mol. The normalized spacial score (nSPS) is 10.3. The molecule has 0 amide bonds. The molecule has 100 valence electrons. The molecule has 2 aromatic carbocycles. The van der Waals surface area contributed by atoms with Crippen molar-refractivity contribution in [2.75, 3.05) is 19.1 Å². The van der Waals surface area contributed by atoms with Crippen LogP contribution in [-0.4, -0.2) is 19.3 Å². The zero-order valence-corrected chi connectivity index (χ0v) is 10.9. The fraction of sp³-hybridized carbons (Fsp3) is 0.200. The number of halogens is 1. The molecule has 0 unspecified atom stereocenters. The summed E-state index contributed by atoms with van der Waals surface area (Å²) in [4.78, 5) is 1.96. The zero-order valence-electron chi connectivity index (χ0n) is 10.9. The maximum Gasteiger partial charge on any atom is 0.127 e. The lowest BCUT2D eigenvalue weighted by atomic mass is 10.2. The standard InChI is InChI=1S/C15H16FNO2/c1-17(13-4-3-5-15(9-13)19-2)10-11-6-12(16)8-14(18)7-11/h3-9,18H,10H2,1-2H3. The van der Waals surface area contributed by atoms with Gasteiger partial charge in [0.15, 0.2) is 0 Å². The van der Waals surface area contributed by atoms with Crippen LogP contribution < -0.4 is 9.64 Å². The van der Waals surface area contributed by atoms with Gasteiger partial charge in [0.25, 0.3) is 0 Å². The molecule has 2 rings (SSSR count). The van der Waals surface area contributed by atoms with E-state index < -0.39 is 5.82 Å². The third kappa shape index (κ3) is 3.37. The maximum atomic E-state index is 13.2. The number of phenols is 1. The van der Waals surface area contributed by atoms with Crippen LogP contribution in [0.25, 0.3) is 0 Å². The van der Waals surface area contributed by atoms with Gasteiger partial charge in [-0.15, -0.1) is 0 Å². The van der Waals surface area contributed by atoms with Crippen LogP contribution >= 0.6 is 0 Å². The number of nitrogens with zero attached hydrogens (tertiary/aromatic N) is 1. The largest absolute Gasteiger partial charge is 0.508 e. The van der Waals surface area contributed by atoms with Gasteiger partial charge in [0.2, 0.25) is 0 Å². The number of benzene rings is 2. The van der Waals surface area contributed by atoms with Crippen LogP contribution in [0.2, 0.25) is 0 Å². The third-order valence-electron chi connectivity index (χ3n) is 2.86. The summed E-state index contributed by atoms with van der Waals surface area (Å²) in [6.45, 7) is 0.498. The Morgan fingerprint density at radius 3 is 2.68 bits per heavy atom. The van der Waals surface area contributed by atoms with Crippen LogP contribution in [0.4, 0.5) is 10.1 Å². The van der Waals surface area contributed by atoms with Crippen molar-refractivity contribution in [1.29, 1.82) is 0 Å². The summed E-state index contributed by atoms with van der Waals surface area (Å²) < 4.78 is 18.4. The molecule has 2 aromatic rings. The van der Waals surface area contributed by atoms with Gasteiger partial charge in [-0.25, -0.2) is 4.39 Å². The minimum Gasteiger partial charge on any atom is -0.508 e. The number of ether oxygens (including phenoxy) is 1. The highest BCUT2D eigenvalue weighted by Crippen LogP contribution is 2.22. The highest BCUT2D eigenvalue weighted by molar-refractivity contribution is 5.50. The Bertz CT molecular complexity index is 552. The smallest absolute Gasteiger partial charge is 0.127 e. The summed E-state index contributed by atoms with van der Waals surface area (Å²) in [6, 6.07) is 11.7. The number of methoxy groups -OCH3 is 1. The summed E-state index contributed by atoms with van der Waals surface area (Å²) in [5.74, 6) is 0.273. The zero-order chi connectivity index (χ0) is 13.8. The maximum absolute atomic E-state index is 13.2. The van der Waals surface area contributed by atoms with E-state index in [9.17, 15) is 9.50 Å². The van der Waals surface area contributed by atoms with Gasteiger partial charge in [0, 0.05) is 31.4 Å². The van der Waals surface area contributed by atoms with E-state index in [0.29, 0.717) is 12.1 Å². The van der Waals surface area contributed by atoms with Gasteiger partial charge in [-0.3, -0.25) is 0 Å². The third-order valence-corrected chi connectivity index (χ3v) is 2.86. The van der Waals surface area contributed by atoms with Gasteiger partial charge in [0.1, 0.15) is 17.3 Å². The van der Waals surface area contributed by atoms with Crippen molar-refractivity contribution < 1.29 is 14.2 Å². The molecule has 3 nitrogen and oxygen atoms in total. The van der Waals surface area contributed by atoms with Crippen molar-refractivity contribution in [3.63, 3.8) is 0 Å². The highest BCUT2D eigenvalue weighted by atomic mass is 19.1. The van der Waals surface area contributed by atoms with Crippen LogP contribution in [0.1, 0.15) is 5.56 Å². The first-order chi connectivity index (χ1) is 9.08. The number of aromatic hydroxyl groups is 1. The lowest BCUT2D eigenvalue weighted by Crippen LogP contribution is -2.16.